The van der Waals surface area contributed by atoms with E-state index in [1.54, 1.807) is 6.08 Å². The van der Waals surface area contributed by atoms with Gasteiger partial charge in [-0.15, -0.1) is 0 Å². The minimum Gasteiger partial charge on any atom is -1.00 e. The fraction of sp³-hybridized carbons (Fsp3) is 0.750. The Hall–Kier alpha value is 1.65. The van der Waals surface area contributed by atoms with Gasteiger partial charge >= 0.3 is 29.6 Å². The summed E-state index contributed by atoms with van der Waals surface area (Å²) in [6, 6.07) is 0. The number of hydrogen-bond donors (Lipinski definition) is 0. The Morgan fingerprint density at radius 3 is 2.09 bits per heavy atom. The molecule has 0 amide bonds. The molecule has 0 nitrogen and oxygen atoms in total. The van der Waals surface area contributed by atoms with Crippen molar-refractivity contribution in [2.45, 2.75) is 39.0 Å². The van der Waals surface area contributed by atoms with Crippen LogP contribution < -0.4 is 42.0 Å². The Morgan fingerprint density at radius 1 is 1.18 bits per heavy atom. The third kappa shape index (κ3) is 24.5. The second-order valence-electron chi connectivity index (χ2n) is 2.09. The van der Waals surface area contributed by atoms with Gasteiger partial charge in [0.25, 0.3) is 0 Å². The maximum absolute atomic E-state index is 5.19. The minimum absolute atomic E-state index is 0. The van der Waals surface area contributed by atoms with Gasteiger partial charge in [0.15, 0.2) is 0 Å². The van der Waals surface area contributed by atoms with Gasteiger partial charge in [-0.25, -0.2) is 0 Å². The summed E-state index contributed by atoms with van der Waals surface area (Å²) in [4.78, 5) is 0. The summed E-state index contributed by atoms with van der Waals surface area (Å²) in [7, 11) is 0. The zero-order valence-corrected chi connectivity index (χ0v) is 13.5. The molecule has 0 saturated heterocycles. The van der Waals surface area contributed by atoms with Crippen molar-refractivity contribution in [3.63, 3.8) is 0 Å². The van der Waals surface area contributed by atoms with E-state index in [4.69, 9.17) is 6.58 Å². The molecule has 0 atom stereocenters. The molecule has 11 heavy (non-hydrogen) atoms. The largest absolute Gasteiger partial charge is 1.00 e. The maximum atomic E-state index is 5.19. The Kier molecular flexibility index (Phi) is 47.1. The summed E-state index contributed by atoms with van der Waals surface area (Å²) in [5.74, 6) is 0. The van der Waals surface area contributed by atoms with E-state index in [0.717, 1.165) is 6.42 Å². The van der Waals surface area contributed by atoms with E-state index in [1.807, 2.05) is 0 Å². The fourth-order valence-corrected chi connectivity index (χ4v) is 0.689. The Balaban J connectivity index is -0.0000000817. The van der Waals surface area contributed by atoms with Crippen LogP contribution in [0.3, 0.4) is 0 Å². The van der Waals surface area contributed by atoms with E-state index in [-0.39, 0.29) is 61.4 Å². The summed E-state index contributed by atoms with van der Waals surface area (Å²) in [5, 5.41) is 0. The van der Waals surface area contributed by atoms with Crippen LogP contribution in [0.4, 0.5) is 0 Å². The van der Waals surface area contributed by atoms with E-state index in [9.17, 15) is 0 Å². The second-order valence-corrected chi connectivity index (χ2v) is 2.09. The molecule has 0 aliphatic heterocycles. The SMILES string of the molecule is [CH-]=CCCCCCC.[Cl-].[Na+].[Zn]. The first-order valence-electron chi connectivity index (χ1n) is 3.45. The smallest absolute Gasteiger partial charge is 1.00 e. The summed E-state index contributed by atoms with van der Waals surface area (Å²) in [6.07, 6.45) is 8.10. The topological polar surface area (TPSA) is 0 Å². The molecule has 3 heteroatoms. The van der Waals surface area contributed by atoms with Crippen molar-refractivity contribution in [2.75, 3.05) is 0 Å². The summed E-state index contributed by atoms with van der Waals surface area (Å²) in [6.45, 7) is 7.40. The van der Waals surface area contributed by atoms with Crippen LogP contribution in [-0.4, -0.2) is 0 Å². The van der Waals surface area contributed by atoms with Gasteiger partial charge in [0.05, 0.1) is 0 Å². The third-order valence-corrected chi connectivity index (χ3v) is 1.22. The van der Waals surface area contributed by atoms with E-state index < -0.39 is 0 Å². The molecule has 0 saturated carbocycles. The number of rotatable bonds is 5. The zero-order chi connectivity index (χ0) is 6.24. The molecule has 0 rings (SSSR count). The molecule has 0 bridgehead atoms. The Labute approximate surface area is 112 Å². The van der Waals surface area contributed by atoms with Gasteiger partial charge < -0.3 is 19.0 Å². The first-order valence-corrected chi connectivity index (χ1v) is 3.45. The van der Waals surface area contributed by atoms with Crippen LogP contribution >= 0.6 is 0 Å². The molecular weight excluding hydrogens is 220 g/mol. The van der Waals surface area contributed by atoms with Crippen LogP contribution in [0, 0.1) is 6.58 Å². The van der Waals surface area contributed by atoms with E-state index in [1.165, 1.54) is 25.7 Å². The molecule has 0 aromatic heterocycles. The quantitative estimate of drug-likeness (QED) is 0.270. The Bertz CT molecular complexity index is 60.1. The molecule has 0 N–H and O–H groups in total. The van der Waals surface area contributed by atoms with Gasteiger partial charge in [-0.2, -0.15) is 0 Å². The average Bonchev–Trinajstić information content (AvgIpc) is 1.81. The van der Waals surface area contributed by atoms with Crippen molar-refractivity contribution >= 4 is 0 Å². The number of hydrogen-bond acceptors (Lipinski definition) is 0. The van der Waals surface area contributed by atoms with E-state index >= 15 is 0 Å². The predicted molar refractivity (Wildman–Crippen MR) is 37.6 cm³/mol. The van der Waals surface area contributed by atoms with Gasteiger partial charge in [-0.05, 0) is 0 Å². The summed E-state index contributed by atoms with van der Waals surface area (Å²) in [5.41, 5.74) is 0. The van der Waals surface area contributed by atoms with Crippen LogP contribution in [-0.2, 0) is 19.5 Å². The van der Waals surface area contributed by atoms with Crippen LogP contribution in [0.25, 0.3) is 0 Å². The van der Waals surface area contributed by atoms with Crippen molar-refractivity contribution in [3.05, 3.63) is 12.7 Å². The zero-order valence-electron chi connectivity index (χ0n) is 7.78. The molecule has 0 heterocycles. The normalized spacial score (nSPS) is 6.64. The predicted octanol–water partition coefficient (Wildman–Crippen LogP) is -3.05. The standard InChI is InChI=1S/C8H15.ClH.Na.Zn/c1-3-5-7-8-6-4-2;;;/h1,3H,4-8H2,2H3;1H;;/q-1;;+1;/p-1. The van der Waals surface area contributed by atoms with Crippen molar-refractivity contribution < 1.29 is 61.4 Å². The molecule has 0 aromatic rings. The van der Waals surface area contributed by atoms with Crippen LogP contribution in [0.1, 0.15) is 39.0 Å². The average molecular weight is 235 g/mol. The van der Waals surface area contributed by atoms with Crippen molar-refractivity contribution in [1.82, 2.24) is 0 Å². The molecular formula is C8H15ClNaZn-. The van der Waals surface area contributed by atoms with Crippen molar-refractivity contribution in [3.8, 4) is 0 Å². The maximum Gasteiger partial charge on any atom is 1.00 e. The van der Waals surface area contributed by atoms with Crippen LogP contribution in [0.15, 0.2) is 6.08 Å². The molecule has 0 aliphatic carbocycles. The van der Waals surface area contributed by atoms with Crippen molar-refractivity contribution in [1.29, 1.82) is 0 Å². The molecule has 0 aliphatic rings. The molecule has 0 radical (unpaired) electrons. The van der Waals surface area contributed by atoms with Crippen molar-refractivity contribution in [2.24, 2.45) is 0 Å². The van der Waals surface area contributed by atoms with Gasteiger partial charge in [0.1, 0.15) is 0 Å². The molecule has 58 valence electrons. The molecule has 0 unspecified atom stereocenters. The number of unbranched alkanes of at least 4 members (excludes halogenated alkanes) is 4. The Morgan fingerprint density at radius 2 is 1.73 bits per heavy atom. The monoisotopic (exact) mass is 233 g/mol. The third-order valence-electron chi connectivity index (χ3n) is 1.22. The summed E-state index contributed by atoms with van der Waals surface area (Å²) < 4.78 is 0. The van der Waals surface area contributed by atoms with Gasteiger partial charge in [-0.3, -0.25) is 6.08 Å². The summed E-state index contributed by atoms with van der Waals surface area (Å²) >= 11 is 0. The van der Waals surface area contributed by atoms with Gasteiger partial charge in [0, 0.05) is 19.5 Å². The fourth-order valence-electron chi connectivity index (χ4n) is 0.689. The van der Waals surface area contributed by atoms with E-state index in [0.29, 0.717) is 0 Å². The number of halogens is 1. The molecule has 0 fully saturated rings. The van der Waals surface area contributed by atoms with E-state index in [2.05, 4.69) is 6.92 Å². The van der Waals surface area contributed by atoms with Gasteiger partial charge in [0.2, 0.25) is 0 Å². The minimum atomic E-state index is 0. The van der Waals surface area contributed by atoms with Gasteiger partial charge in [-0.1, -0.05) is 39.0 Å². The first kappa shape index (κ1) is 22.9. The molecule has 0 aromatic carbocycles. The van der Waals surface area contributed by atoms with Crippen LogP contribution in [0.5, 0.6) is 0 Å². The second kappa shape index (κ2) is 22.6. The first-order chi connectivity index (χ1) is 3.91. The molecule has 0 spiro atoms. The number of allylic oxidation sites excluding steroid dienone is 1. The van der Waals surface area contributed by atoms with Crippen LogP contribution in [0.2, 0.25) is 0 Å².